The maximum absolute atomic E-state index is 3.98. The second kappa shape index (κ2) is 13.0. The monoisotopic (exact) mass is 690 g/mol. The summed E-state index contributed by atoms with van der Waals surface area (Å²) in [6.45, 7) is 3.98. The molecule has 0 spiro atoms. The summed E-state index contributed by atoms with van der Waals surface area (Å²) in [4.78, 5) is 15.5. The van der Waals surface area contributed by atoms with Crippen LogP contribution in [0.15, 0.2) is 153 Å². The van der Waals surface area contributed by atoms with Crippen LogP contribution >= 0.6 is 0 Å². The van der Waals surface area contributed by atoms with Crippen molar-refractivity contribution in [2.75, 3.05) is 0 Å². The first-order valence-corrected chi connectivity index (χ1v) is 17.8. The number of aromatic nitrogens is 7. The van der Waals surface area contributed by atoms with Crippen LogP contribution in [0.5, 0.6) is 0 Å². The predicted octanol–water partition coefficient (Wildman–Crippen LogP) is 3.42. The van der Waals surface area contributed by atoms with Crippen LogP contribution in [0.2, 0.25) is 0 Å². The number of aryl methyl sites for hydroxylation is 3. The molecule has 0 atom stereocenters. The highest BCUT2D eigenvalue weighted by molar-refractivity contribution is 5.84. The number of hydrogen-bond donors (Lipinski definition) is 4. The van der Waals surface area contributed by atoms with Crippen molar-refractivity contribution in [1.82, 2.24) is 19.9 Å². The second-order valence-corrected chi connectivity index (χ2v) is 13.7. The third-order valence-electron chi connectivity index (χ3n) is 10.1. The van der Waals surface area contributed by atoms with E-state index in [1.54, 1.807) is 0 Å². The smallest absolute Gasteiger partial charge is 0.169 e. The van der Waals surface area contributed by atoms with Crippen molar-refractivity contribution in [3.8, 4) is 0 Å². The van der Waals surface area contributed by atoms with E-state index in [2.05, 4.69) is 187 Å². The second-order valence-electron chi connectivity index (χ2n) is 13.7. The molecular weight excluding hydrogens is 651 g/mol. The van der Waals surface area contributed by atoms with Gasteiger partial charge in [-0.05, 0) is 76.3 Å². The van der Waals surface area contributed by atoms with Gasteiger partial charge in [0.25, 0.3) is 0 Å². The van der Waals surface area contributed by atoms with Gasteiger partial charge in [0.2, 0.25) is 0 Å². The topological polar surface area (TPSA) is 74.8 Å². The van der Waals surface area contributed by atoms with Crippen molar-refractivity contribution in [3.05, 3.63) is 225 Å². The van der Waals surface area contributed by atoms with E-state index in [1.165, 1.54) is 0 Å². The maximum atomic E-state index is 3.98. The summed E-state index contributed by atoms with van der Waals surface area (Å²) in [6, 6.07) is 39.2. The summed E-state index contributed by atoms with van der Waals surface area (Å²) in [5.74, 6) is 0. The first-order valence-electron chi connectivity index (χ1n) is 17.8. The molecule has 8 bridgehead atoms. The number of nitrogens with one attached hydrogen (secondary N) is 4. The van der Waals surface area contributed by atoms with Gasteiger partial charge in [-0.2, -0.15) is 0 Å². The molecule has 256 valence electrons. The Morgan fingerprint density at radius 3 is 0.925 bits per heavy atom. The lowest BCUT2D eigenvalue weighted by Crippen LogP contribution is -2.26. The lowest BCUT2D eigenvalue weighted by atomic mass is 10.0. The van der Waals surface area contributed by atoms with Crippen LogP contribution in [-0.2, 0) is 21.1 Å². The van der Waals surface area contributed by atoms with Gasteiger partial charge < -0.3 is 19.9 Å². The number of benzene rings is 1. The minimum Gasteiger partial charge on any atom is -0.354 e. The zero-order valence-corrected chi connectivity index (χ0v) is 30.0. The molecule has 7 aromatic heterocycles. The fraction of sp³-hybridized carbons (Fsp3) is 0.0652. The van der Waals surface area contributed by atoms with Crippen LogP contribution in [0.3, 0.4) is 0 Å². The number of hydrogen-bond acceptors (Lipinski definition) is 0. The van der Waals surface area contributed by atoms with Crippen molar-refractivity contribution in [3.63, 3.8) is 0 Å². The normalized spacial score (nSPS) is 12.7. The van der Waals surface area contributed by atoms with Crippen LogP contribution in [-0.4, -0.2) is 19.9 Å². The van der Waals surface area contributed by atoms with Crippen LogP contribution in [0.1, 0.15) is 50.6 Å². The Labute approximate surface area is 307 Å². The highest BCUT2D eigenvalue weighted by Gasteiger charge is 2.19. The quantitative estimate of drug-likeness (QED) is 0.200. The molecule has 1 aliphatic rings. The molecule has 7 heteroatoms. The highest BCUT2D eigenvalue weighted by Crippen LogP contribution is 2.27. The Morgan fingerprint density at radius 2 is 0.642 bits per heavy atom. The van der Waals surface area contributed by atoms with Gasteiger partial charge in [0, 0.05) is 103 Å². The van der Waals surface area contributed by atoms with Crippen molar-refractivity contribution >= 4 is 28.4 Å². The number of nitrogens with zero attached hydrogens (tertiary/aromatic N) is 3. The molecule has 1 aromatic carbocycles. The molecule has 0 radical (unpaired) electrons. The zero-order valence-electron chi connectivity index (χ0n) is 30.0. The largest absolute Gasteiger partial charge is 0.354 e. The van der Waals surface area contributed by atoms with E-state index in [4.69, 9.17) is 0 Å². The first kappa shape index (κ1) is 32.0. The SMILES string of the molecule is C=Cc1ccc(C2=c3ccc([nH]3)=C(c3cc[n+](C)cc3)c3ccc([nH]3)C(c3cc[n+](C)cc3)=c3ccc([nH]3)=C(c3cc[n+](C)cc3)c3ccc2[nH]3)cc1. The molecule has 7 nitrogen and oxygen atoms in total. The highest BCUT2D eigenvalue weighted by atomic mass is 14.9. The third kappa shape index (κ3) is 5.88. The molecule has 8 heterocycles. The number of aromatic amines is 4. The van der Waals surface area contributed by atoms with Crippen molar-refractivity contribution in [2.45, 2.75) is 0 Å². The Balaban J connectivity index is 1.42. The summed E-state index contributed by atoms with van der Waals surface area (Å²) in [6.07, 6.45) is 14.4. The van der Waals surface area contributed by atoms with E-state index in [-0.39, 0.29) is 0 Å². The zero-order chi connectivity index (χ0) is 36.1. The summed E-state index contributed by atoms with van der Waals surface area (Å²) >= 11 is 0. The van der Waals surface area contributed by atoms with Gasteiger partial charge in [0.15, 0.2) is 37.2 Å². The first-order chi connectivity index (χ1) is 25.9. The Bertz CT molecular complexity index is 2890. The minimum absolute atomic E-state index is 1.01. The lowest BCUT2D eigenvalue weighted by molar-refractivity contribution is -0.671. The fourth-order valence-corrected chi connectivity index (χ4v) is 7.36. The molecule has 0 fully saturated rings. The Morgan fingerprint density at radius 1 is 0.358 bits per heavy atom. The fourth-order valence-electron chi connectivity index (χ4n) is 7.36. The molecule has 9 rings (SSSR count). The molecule has 0 aliphatic carbocycles. The molecule has 0 unspecified atom stereocenters. The number of rotatable bonds is 5. The average molecular weight is 691 g/mol. The molecule has 1 aliphatic heterocycles. The Hall–Kier alpha value is -6.99. The Kier molecular flexibility index (Phi) is 7.81. The van der Waals surface area contributed by atoms with Gasteiger partial charge in [-0.15, -0.1) is 0 Å². The number of H-pyrrole nitrogens is 4. The van der Waals surface area contributed by atoms with Crippen molar-refractivity contribution in [1.29, 1.82) is 0 Å². The molecule has 8 aromatic rings. The van der Waals surface area contributed by atoms with E-state index in [0.717, 1.165) is 94.3 Å². The van der Waals surface area contributed by atoms with Gasteiger partial charge in [0.05, 0.1) is 0 Å². The molecular formula is C46H40N7+3. The molecule has 0 saturated carbocycles. The van der Waals surface area contributed by atoms with Crippen LogP contribution < -0.4 is 35.1 Å². The van der Waals surface area contributed by atoms with Crippen LogP contribution in [0.25, 0.3) is 28.4 Å². The van der Waals surface area contributed by atoms with E-state index >= 15 is 0 Å². The minimum atomic E-state index is 1.01. The number of fused-ring (bicyclic) bond motifs is 8. The molecule has 0 amide bonds. The third-order valence-corrected chi connectivity index (χ3v) is 10.1. The van der Waals surface area contributed by atoms with Gasteiger partial charge in [-0.25, -0.2) is 13.7 Å². The molecule has 0 saturated heterocycles. The van der Waals surface area contributed by atoms with E-state index in [1.807, 2.05) is 27.2 Å². The van der Waals surface area contributed by atoms with E-state index in [0.29, 0.717) is 0 Å². The van der Waals surface area contributed by atoms with E-state index < -0.39 is 0 Å². The lowest BCUT2D eigenvalue weighted by Gasteiger charge is -2.09. The van der Waals surface area contributed by atoms with Crippen LogP contribution in [0, 0.1) is 0 Å². The molecule has 4 N–H and O–H groups in total. The summed E-state index contributed by atoms with van der Waals surface area (Å²) < 4.78 is 6.19. The average Bonchev–Trinajstić information content (AvgIpc) is 4.02. The van der Waals surface area contributed by atoms with Gasteiger partial charge in [0.1, 0.15) is 21.1 Å². The van der Waals surface area contributed by atoms with Crippen molar-refractivity contribution in [2.24, 2.45) is 21.1 Å². The van der Waals surface area contributed by atoms with Gasteiger partial charge >= 0.3 is 0 Å². The summed E-state index contributed by atoms with van der Waals surface area (Å²) in [7, 11) is 6.13. The standard InChI is InChI=1S/C46H38N7/c1-5-30-6-8-31(9-7-30)43-35-10-12-37(47-35)44(32-18-24-51(2)25-19-32)39-14-16-41(49-39)46(34-22-28-53(4)29-23-34)42-17-15-40(50-42)45(38-13-11-36(43)48-38)33-20-26-52(3)27-21-33/h5-29H,1H2,2-4H3,(H2,47,48,49,50)/q+1/p+2. The van der Waals surface area contributed by atoms with Gasteiger partial charge in [-0.3, -0.25) is 0 Å². The molecule has 53 heavy (non-hydrogen) atoms. The van der Waals surface area contributed by atoms with Crippen LogP contribution in [0.4, 0.5) is 0 Å². The van der Waals surface area contributed by atoms with Gasteiger partial charge in [-0.1, -0.05) is 36.9 Å². The number of pyridine rings is 3. The summed E-state index contributed by atoms with van der Waals surface area (Å²) in [5.41, 5.74) is 13.9. The predicted molar refractivity (Wildman–Crippen MR) is 208 cm³/mol. The maximum Gasteiger partial charge on any atom is 0.169 e. The van der Waals surface area contributed by atoms with E-state index in [9.17, 15) is 0 Å². The van der Waals surface area contributed by atoms with Crippen molar-refractivity contribution < 1.29 is 13.7 Å². The summed E-state index contributed by atoms with van der Waals surface area (Å²) in [5, 5.41) is 4.06.